The maximum absolute atomic E-state index is 12.2. The molecule has 174 valence electrons. The Morgan fingerprint density at radius 1 is 0.882 bits per heavy atom. The van der Waals surface area contributed by atoms with Crippen LogP contribution in [-0.4, -0.2) is 58.4 Å². The minimum atomic E-state index is 0.0481. The average molecular weight is 456 g/mol. The maximum atomic E-state index is 12.2. The van der Waals surface area contributed by atoms with Crippen molar-refractivity contribution in [3.8, 4) is 0 Å². The molecule has 1 aliphatic rings. The summed E-state index contributed by atoms with van der Waals surface area (Å²) < 4.78 is 1.85. The molecule has 0 radical (unpaired) electrons. The lowest BCUT2D eigenvalue weighted by atomic mass is 10.1. The van der Waals surface area contributed by atoms with Crippen LogP contribution in [-0.2, 0) is 17.8 Å². The third-order valence-corrected chi connectivity index (χ3v) is 6.24. The van der Waals surface area contributed by atoms with E-state index in [-0.39, 0.29) is 5.91 Å². The van der Waals surface area contributed by atoms with Gasteiger partial charge in [-0.2, -0.15) is 5.10 Å². The van der Waals surface area contributed by atoms with E-state index in [0.29, 0.717) is 19.5 Å². The molecule has 34 heavy (non-hydrogen) atoms. The normalized spacial score (nSPS) is 13.9. The molecular weight excluding hydrogens is 426 g/mol. The Kier molecular flexibility index (Phi) is 6.65. The van der Waals surface area contributed by atoms with Crippen LogP contribution >= 0.6 is 0 Å². The summed E-state index contributed by atoms with van der Waals surface area (Å²) in [5.41, 5.74) is 3.23. The minimum absolute atomic E-state index is 0.0481. The topological polar surface area (TPSA) is 79.2 Å². The number of rotatable bonds is 8. The van der Waals surface area contributed by atoms with E-state index in [4.69, 9.17) is 0 Å². The fourth-order valence-electron chi connectivity index (χ4n) is 4.40. The summed E-state index contributed by atoms with van der Waals surface area (Å²) in [5.74, 6) is 0.975. The number of piperazine rings is 1. The van der Waals surface area contributed by atoms with E-state index in [2.05, 4.69) is 54.4 Å². The first-order valence-corrected chi connectivity index (χ1v) is 11.8. The van der Waals surface area contributed by atoms with Crippen LogP contribution in [0.1, 0.15) is 12.0 Å². The highest BCUT2D eigenvalue weighted by atomic mass is 16.1. The first-order valence-electron chi connectivity index (χ1n) is 11.8. The van der Waals surface area contributed by atoms with E-state index in [1.165, 1.54) is 11.3 Å². The Morgan fingerprint density at radius 2 is 1.59 bits per heavy atom. The number of nitrogens with zero attached hydrogens (tertiary/aromatic N) is 6. The summed E-state index contributed by atoms with van der Waals surface area (Å²) >= 11 is 0. The lowest BCUT2D eigenvalue weighted by Crippen LogP contribution is -2.46. The van der Waals surface area contributed by atoms with Crippen molar-refractivity contribution in [3.63, 3.8) is 0 Å². The molecule has 0 saturated carbocycles. The van der Waals surface area contributed by atoms with Gasteiger partial charge in [0, 0.05) is 44.8 Å². The molecular formula is C26H29N7O. The molecule has 1 saturated heterocycles. The molecule has 0 bridgehead atoms. The Bertz CT molecular complexity index is 1220. The predicted molar refractivity (Wildman–Crippen MR) is 134 cm³/mol. The molecule has 0 aliphatic carbocycles. The van der Waals surface area contributed by atoms with Crippen molar-refractivity contribution in [2.24, 2.45) is 0 Å². The zero-order valence-corrected chi connectivity index (χ0v) is 19.2. The first kappa shape index (κ1) is 21.9. The fourth-order valence-corrected chi connectivity index (χ4v) is 4.40. The molecule has 4 aromatic rings. The van der Waals surface area contributed by atoms with Crippen LogP contribution in [0, 0.1) is 0 Å². The summed E-state index contributed by atoms with van der Waals surface area (Å²) in [5, 5.41) is 8.47. The number of anilines is 2. The Balaban J connectivity index is 1.16. The molecule has 8 nitrogen and oxygen atoms in total. The van der Waals surface area contributed by atoms with Crippen molar-refractivity contribution in [1.29, 1.82) is 0 Å². The SMILES string of the molecule is O=C(CCc1ccccc1)NCCn1ncc2c(N3CCN(c4ccccc4)CC3)ncnc21. The Hall–Kier alpha value is -3.94. The maximum Gasteiger partial charge on any atom is 0.220 e. The largest absolute Gasteiger partial charge is 0.368 e. The zero-order chi connectivity index (χ0) is 23.2. The molecule has 1 aliphatic heterocycles. The smallest absolute Gasteiger partial charge is 0.220 e. The van der Waals surface area contributed by atoms with Gasteiger partial charge < -0.3 is 15.1 Å². The number of para-hydroxylation sites is 1. The molecule has 0 unspecified atom stereocenters. The van der Waals surface area contributed by atoms with Gasteiger partial charge in [-0.3, -0.25) is 4.79 Å². The molecule has 5 rings (SSSR count). The molecule has 1 amide bonds. The summed E-state index contributed by atoms with van der Waals surface area (Å²) in [7, 11) is 0. The van der Waals surface area contributed by atoms with Gasteiger partial charge in [-0.1, -0.05) is 48.5 Å². The highest BCUT2D eigenvalue weighted by Gasteiger charge is 2.21. The Morgan fingerprint density at radius 3 is 2.35 bits per heavy atom. The molecule has 3 heterocycles. The van der Waals surface area contributed by atoms with Gasteiger partial charge in [0.25, 0.3) is 0 Å². The van der Waals surface area contributed by atoms with Gasteiger partial charge >= 0.3 is 0 Å². The predicted octanol–water partition coefficient (Wildman–Crippen LogP) is 2.90. The summed E-state index contributed by atoms with van der Waals surface area (Å²) in [6.07, 6.45) is 4.67. The van der Waals surface area contributed by atoms with Crippen LogP contribution < -0.4 is 15.1 Å². The summed E-state index contributed by atoms with van der Waals surface area (Å²) in [6, 6.07) is 20.6. The number of carbonyl (C=O) groups is 1. The van der Waals surface area contributed by atoms with Crippen molar-refractivity contribution >= 4 is 28.4 Å². The fraction of sp³-hybridized carbons (Fsp3) is 0.308. The lowest BCUT2D eigenvalue weighted by molar-refractivity contribution is -0.121. The van der Waals surface area contributed by atoms with Crippen LogP contribution in [0.3, 0.4) is 0 Å². The highest BCUT2D eigenvalue weighted by molar-refractivity contribution is 5.86. The number of hydrogen-bond donors (Lipinski definition) is 1. The number of hydrogen-bond acceptors (Lipinski definition) is 6. The monoisotopic (exact) mass is 455 g/mol. The van der Waals surface area contributed by atoms with Crippen molar-refractivity contribution in [2.45, 2.75) is 19.4 Å². The molecule has 0 atom stereocenters. The Labute approximate surface area is 199 Å². The highest BCUT2D eigenvalue weighted by Crippen LogP contribution is 2.25. The van der Waals surface area contributed by atoms with E-state index >= 15 is 0 Å². The van der Waals surface area contributed by atoms with Gasteiger partial charge in [-0.05, 0) is 24.1 Å². The van der Waals surface area contributed by atoms with E-state index in [0.717, 1.165) is 49.5 Å². The second-order valence-corrected chi connectivity index (χ2v) is 8.45. The quantitative estimate of drug-likeness (QED) is 0.440. The third kappa shape index (κ3) is 5.01. The van der Waals surface area contributed by atoms with Crippen molar-refractivity contribution < 1.29 is 4.79 Å². The van der Waals surface area contributed by atoms with Gasteiger partial charge in [-0.25, -0.2) is 14.6 Å². The van der Waals surface area contributed by atoms with Crippen molar-refractivity contribution in [3.05, 3.63) is 78.8 Å². The number of benzene rings is 2. The van der Waals surface area contributed by atoms with E-state index in [1.54, 1.807) is 6.33 Å². The van der Waals surface area contributed by atoms with E-state index < -0.39 is 0 Å². The summed E-state index contributed by atoms with van der Waals surface area (Å²) in [6.45, 7) is 4.75. The third-order valence-electron chi connectivity index (χ3n) is 6.24. The van der Waals surface area contributed by atoms with Gasteiger partial charge in [0.15, 0.2) is 5.65 Å². The van der Waals surface area contributed by atoms with Crippen LogP contribution in [0.15, 0.2) is 73.2 Å². The number of nitrogens with one attached hydrogen (secondary N) is 1. The van der Waals surface area contributed by atoms with Crippen LogP contribution in [0.5, 0.6) is 0 Å². The zero-order valence-electron chi connectivity index (χ0n) is 19.2. The van der Waals surface area contributed by atoms with Gasteiger partial charge in [-0.15, -0.1) is 0 Å². The van der Waals surface area contributed by atoms with E-state index in [9.17, 15) is 4.79 Å². The standard InChI is InChI=1S/C26H29N7O/c34-24(12-11-21-7-3-1-4-8-21)27-13-14-33-26-23(19-30-33)25(28-20-29-26)32-17-15-31(16-18-32)22-9-5-2-6-10-22/h1-10,19-20H,11-18H2,(H,27,34). The second-order valence-electron chi connectivity index (χ2n) is 8.45. The van der Waals surface area contributed by atoms with E-state index in [1.807, 2.05) is 47.3 Å². The lowest BCUT2D eigenvalue weighted by Gasteiger charge is -2.36. The molecule has 1 fully saturated rings. The average Bonchev–Trinajstić information content (AvgIpc) is 3.32. The van der Waals surface area contributed by atoms with Crippen molar-refractivity contribution in [2.75, 3.05) is 42.5 Å². The molecule has 2 aromatic carbocycles. The number of fused-ring (bicyclic) bond motifs is 1. The number of aromatic nitrogens is 4. The molecule has 1 N–H and O–H groups in total. The molecule has 0 spiro atoms. The van der Waals surface area contributed by atoms with Crippen LogP contribution in [0.25, 0.3) is 11.0 Å². The molecule has 2 aromatic heterocycles. The van der Waals surface area contributed by atoms with Gasteiger partial charge in [0.2, 0.25) is 5.91 Å². The van der Waals surface area contributed by atoms with Crippen LogP contribution in [0.2, 0.25) is 0 Å². The van der Waals surface area contributed by atoms with Crippen LogP contribution in [0.4, 0.5) is 11.5 Å². The number of aryl methyl sites for hydroxylation is 1. The number of amides is 1. The first-order chi connectivity index (χ1) is 16.8. The van der Waals surface area contributed by atoms with Gasteiger partial charge in [0.05, 0.1) is 18.1 Å². The number of carbonyl (C=O) groups excluding carboxylic acids is 1. The summed E-state index contributed by atoms with van der Waals surface area (Å²) in [4.78, 5) is 26.0. The second kappa shape index (κ2) is 10.3. The van der Waals surface area contributed by atoms with Crippen molar-refractivity contribution in [1.82, 2.24) is 25.1 Å². The van der Waals surface area contributed by atoms with Gasteiger partial charge in [0.1, 0.15) is 12.1 Å². The molecule has 8 heteroatoms. The minimum Gasteiger partial charge on any atom is -0.368 e.